The molecular weight excluding hydrogens is 607 g/mol. The third kappa shape index (κ3) is 7.40. The highest BCUT2D eigenvalue weighted by Gasteiger charge is 2.37. The molecule has 0 radical (unpaired) electrons. The number of thiophene rings is 1. The fourth-order valence-electron chi connectivity index (χ4n) is 5.28. The summed E-state index contributed by atoms with van der Waals surface area (Å²) in [6.45, 7) is 0.606. The number of pyridine rings is 1. The first-order valence-electron chi connectivity index (χ1n) is 13.3. The summed E-state index contributed by atoms with van der Waals surface area (Å²) in [6, 6.07) is 11.3. The normalized spacial score (nSPS) is 18.4. The molecule has 1 aromatic carbocycles. The van der Waals surface area contributed by atoms with Gasteiger partial charge in [-0.15, -0.1) is 23.7 Å². The van der Waals surface area contributed by atoms with Gasteiger partial charge in [-0.05, 0) is 36.1 Å². The first-order valence-corrected chi connectivity index (χ1v) is 14.1. The number of alkyl halides is 3. The summed E-state index contributed by atoms with van der Waals surface area (Å²) in [5.74, 6) is 1.42. The van der Waals surface area contributed by atoms with Gasteiger partial charge < -0.3 is 29.5 Å². The van der Waals surface area contributed by atoms with Crippen molar-refractivity contribution in [2.45, 2.75) is 50.2 Å². The number of nitrogens with zero attached hydrogens (tertiary/aromatic N) is 4. The second-order valence-corrected chi connectivity index (χ2v) is 11.3. The zero-order valence-corrected chi connectivity index (χ0v) is 25.6. The molecule has 9 nitrogen and oxygen atoms in total. The van der Waals surface area contributed by atoms with E-state index in [1.165, 1.54) is 13.2 Å². The molecule has 232 valence electrons. The lowest BCUT2D eigenvalue weighted by Crippen LogP contribution is -2.38. The Labute approximate surface area is 257 Å². The summed E-state index contributed by atoms with van der Waals surface area (Å²) < 4.78 is 54.9. The summed E-state index contributed by atoms with van der Waals surface area (Å²) in [5.41, 5.74) is 2.98. The molecule has 0 spiro atoms. The maximum Gasteiger partial charge on any atom is 0.393 e. The van der Waals surface area contributed by atoms with Crippen LogP contribution in [-0.2, 0) is 13.0 Å². The molecule has 1 aliphatic rings. The summed E-state index contributed by atoms with van der Waals surface area (Å²) in [6.07, 6.45) is -3.13. The van der Waals surface area contributed by atoms with Gasteiger partial charge >= 0.3 is 12.2 Å². The Bertz CT molecular complexity index is 1540. The van der Waals surface area contributed by atoms with Gasteiger partial charge in [-0.2, -0.15) is 23.1 Å². The second-order valence-electron chi connectivity index (χ2n) is 10.2. The molecule has 1 aliphatic carbocycles. The Morgan fingerprint density at radius 2 is 1.77 bits per heavy atom. The molecule has 0 unspecified atom stereocenters. The molecule has 1 fully saturated rings. The van der Waals surface area contributed by atoms with Crippen LogP contribution in [0.3, 0.4) is 0 Å². The lowest BCUT2D eigenvalue weighted by molar-refractivity contribution is -0.126. The minimum atomic E-state index is -4.33. The zero-order valence-electron chi connectivity index (χ0n) is 24.0. The molecule has 3 heterocycles. The Balaban J connectivity index is 0.00000423. The van der Waals surface area contributed by atoms with Crippen molar-refractivity contribution in [3.05, 3.63) is 53.0 Å². The van der Waals surface area contributed by atoms with Gasteiger partial charge in [0.2, 0.25) is 0 Å². The maximum atomic E-state index is 13.0. The van der Waals surface area contributed by atoms with Crippen LogP contribution < -0.4 is 24.4 Å². The van der Waals surface area contributed by atoms with Gasteiger partial charge in [0.25, 0.3) is 5.88 Å². The number of methoxy groups -OCH3 is 3. The van der Waals surface area contributed by atoms with E-state index in [1.54, 1.807) is 27.5 Å². The summed E-state index contributed by atoms with van der Waals surface area (Å²) in [4.78, 5) is 15.4. The monoisotopic (exact) mass is 639 g/mol. The summed E-state index contributed by atoms with van der Waals surface area (Å²) in [5, 5.41) is 15.0. The molecule has 3 atom stereocenters. The molecule has 2 N–H and O–H groups in total. The predicted molar refractivity (Wildman–Crippen MR) is 162 cm³/mol. The van der Waals surface area contributed by atoms with Crippen LogP contribution in [0, 0.1) is 0 Å². The predicted octanol–water partition coefficient (Wildman–Crippen LogP) is 5.42. The lowest BCUT2D eigenvalue weighted by atomic mass is 10.1. The second kappa shape index (κ2) is 13.5. The summed E-state index contributed by atoms with van der Waals surface area (Å²) >= 11 is 0.970. The van der Waals surface area contributed by atoms with E-state index in [0.717, 1.165) is 28.0 Å². The van der Waals surface area contributed by atoms with Crippen molar-refractivity contribution >= 4 is 39.8 Å². The van der Waals surface area contributed by atoms with E-state index < -0.39 is 18.7 Å². The number of aliphatic hydroxyl groups is 1. The fourth-order valence-corrected chi connectivity index (χ4v) is 6.33. The zero-order chi connectivity index (χ0) is 30.0. The largest absolute Gasteiger partial charge is 0.491 e. The number of hydrogen-bond acceptors (Lipinski definition) is 10. The number of likely N-dealkylation sites (N-methyl/N-ethyl adjacent to an activating group) is 1. The third-order valence-electron chi connectivity index (χ3n) is 7.40. The molecule has 0 bridgehead atoms. The number of hydrogen-bond donors (Lipinski definition) is 2. The standard InChI is InChI=1S/C29H32F3N5O4S.ClH/c1-37(25-21-12-20(13-29(30,31)32)42-27(21)36-28(35-25)41-4)22-10-19(11-23(22)38)33-14-16-5-7-17(8-6-16)18-9-24(39-2)26(40-3)34-15-18;/h5-9,12,15,19,22-23,33,38H,10-11,13-14H2,1-4H3;1H/t19-,22+,23-;/m1./s1. The molecule has 3 aromatic heterocycles. The molecule has 0 aliphatic heterocycles. The fraction of sp³-hybridized carbons (Fsp3) is 0.414. The van der Waals surface area contributed by atoms with Crippen molar-refractivity contribution in [2.24, 2.45) is 0 Å². The van der Waals surface area contributed by atoms with E-state index in [0.29, 0.717) is 47.1 Å². The Hall–Kier alpha value is -3.39. The highest BCUT2D eigenvalue weighted by Crippen LogP contribution is 2.37. The average Bonchev–Trinajstić information content (AvgIpc) is 3.55. The van der Waals surface area contributed by atoms with Crippen molar-refractivity contribution in [1.29, 1.82) is 0 Å². The maximum absolute atomic E-state index is 13.0. The minimum absolute atomic E-state index is 0. The van der Waals surface area contributed by atoms with Crippen molar-refractivity contribution < 1.29 is 32.5 Å². The van der Waals surface area contributed by atoms with E-state index in [4.69, 9.17) is 14.2 Å². The number of anilines is 1. The smallest absolute Gasteiger partial charge is 0.393 e. The van der Waals surface area contributed by atoms with Gasteiger partial charge in [-0.3, -0.25) is 0 Å². The van der Waals surface area contributed by atoms with Crippen LogP contribution in [0.25, 0.3) is 21.3 Å². The van der Waals surface area contributed by atoms with Gasteiger partial charge in [-0.1, -0.05) is 24.3 Å². The van der Waals surface area contributed by atoms with E-state index >= 15 is 0 Å². The number of fused-ring (bicyclic) bond motifs is 1. The highest BCUT2D eigenvalue weighted by molar-refractivity contribution is 7.18. The van der Waals surface area contributed by atoms with Crippen LogP contribution in [0.4, 0.5) is 19.0 Å². The molecular formula is C29H33ClF3N5O4S. The van der Waals surface area contributed by atoms with Gasteiger partial charge in [0.15, 0.2) is 5.75 Å². The van der Waals surface area contributed by atoms with Gasteiger partial charge in [0.05, 0.1) is 45.3 Å². The molecule has 0 amide bonds. The lowest BCUT2D eigenvalue weighted by Gasteiger charge is -2.28. The van der Waals surface area contributed by atoms with E-state index in [1.807, 2.05) is 35.2 Å². The van der Waals surface area contributed by atoms with Crippen LogP contribution in [0.5, 0.6) is 17.6 Å². The molecule has 0 saturated heterocycles. The quantitative estimate of drug-likeness (QED) is 0.235. The van der Waals surface area contributed by atoms with Crippen LogP contribution in [-0.4, -0.2) is 72.8 Å². The van der Waals surface area contributed by atoms with E-state index in [9.17, 15) is 18.3 Å². The first kappa shape index (κ1) is 32.5. The number of aliphatic hydroxyl groups excluding tert-OH is 1. The average molecular weight is 640 g/mol. The number of halogens is 4. The van der Waals surface area contributed by atoms with Gasteiger partial charge in [-0.25, -0.2) is 4.98 Å². The van der Waals surface area contributed by atoms with Crippen LogP contribution in [0.1, 0.15) is 23.3 Å². The number of ether oxygens (including phenoxy) is 3. The van der Waals surface area contributed by atoms with Crippen molar-refractivity contribution in [2.75, 3.05) is 33.3 Å². The van der Waals surface area contributed by atoms with Crippen LogP contribution in [0.2, 0.25) is 0 Å². The number of nitrogens with one attached hydrogen (secondary N) is 1. The van der Waals surface area contributed by atoms with E-state index in [2.05, 4.69) is 20.3 Å². The van der Waals surface area contributed by atoms with Crippen LogP contribution >= 0.6 is 23.7 Å². The molecule has 1 saturated carbocycles. The minimum Gasteiger partial charge on any atom is -0.491 e. The topological polar surface area (TPSA) is 102 Å². The van der Waals surface area contributed by atoms with Crippen molar-refractivity contribution in [1.82, 2.24) is 20.3 Å². The Kier molecular flexibility index (Phi) is 10.2. The Morgan fingerprint density at radius 1 is 1.02 bits per heavy atom. The molecule has 43 heavy (non-hydrogen) atoms. The van der Waals surface area contributed by atoms with Crippen molar-refractivity contribution in [3.63, 3.8) is 0 Å². The van der Waals surface area contributed by atoms with Crippen LogP contribution in [0.15, 0.2) is 42.6 Å². The SMILES string of the molecule is COc1nc(N(C)[C@H]2C[C@@H](NCc3ccc(-c4cnc(OC)c(OC)c4)cc3)C[C@H]2O)c2cc(CC(F)(F)F)sc2n1.Cl. The number of rotatable bonds is 10. The summed E-state index contributed by atoms with van der Waals surface area (Å²) in [7, 11) is 6.32. The molecule has 14 heteroatoms. The molecule has 5 rings (SSSR count). The van der Waals surface area contributed by atoms with Crippen molar-refractivity contribution in [3.8, 4) is 28.8 Å². The highest BCUT2D eigenvalue weighted by atomic mass is 35.5. The van der Waals surface area contributed by atoms with E-state index in [-0.39, 0.29) is 35.4 Å². The first-order chi connectivity index (χ1) is 20.1. The third-order valence-corrected chi connectivity index (χ3v) is 8.43. The Morgan fingerprint density at radius 3 is 2.42 bits per heavy atom. The van der Waals surface area contributed by atoms with Gasteiger partial charge in [0, 0.05) is 36.3 Å². The number of benzene rings is 1. The number of aromatic nitrogens is 3. The molecule has 4 aromatic rings. The van der Waals surface area contributed by atoms with Gasteiger partial charge in [0.1, 0.15) is 10.6 Å².